The van der Waals surface area contributed by atoms with E-state index in [0.717, 1.165) is 5.82 Å². The van der Waals surface area contributed by atoms with Crippen LogP contribution in [0.15, 0.2) is 33.9 Å². The molecule has 0 fully saturated rings. The van der Waals surface area contributed by atoms with Gasteiger partial charge in [-0.05, 0) is 12.2 Å². The number of rotatable bonds is 4. The zero-order valence-electron chi connectivity index (χ0n) is 9.55. The Kier molecular flexibility index (Phi) is 3.29. The minimum absolute atomic E-state index is 0.267. The number of hydrogen-bond acceptors (Lipinski definition) is 8. The summed E-state index contributed by atoms with van der Waals surface area (Å²) in [7, 11) is 0. The Balaban J connectivity index is 1.80. The molecule has 3 aromatic heterocycles. The van der Waals surface area contributed by atoms with Gasteiger partial charge in [0.05, 0.1) is 11.7 Å². The largest absolute Gasteiger partial charge is 0.407 e. The third-order valence-electron chi connectivity index (χ3n) is 2.23. The molecule has 0 aliphatic rings. The summed E-state index contributed by atoms with van der Waals surface area (Å²) in [5, 5.41) is 9.22. The van der Waals surface area contributed by atoms with Crippen molar-refractivity contribution in [1.82, 2.24) is 24.7 Å². The molecule has 0 aliphatic carbocycles. The molecular formula is C10H8N6OS2. The molecule has 7 nitrogen and oxygen atoms in total. The Morgan fingerprint density at radius 3 is 3.05 bits per heavy atom. The van der Waals surface area contributed by atoms with Crippen LogP contribution < -0.4 is 5.32 Å². The van der Waals surface area contributed by atoms with Gasteiger partial charge < -0.3 is 9.73 Å². The van der Waals surface area contributed by atoms with Crippen molar-refractivity contribution >= 4 is 29.4 Å². The van der Waals surface area contributed by atoms with Crippen molar-refractivity contribution in [2.24, 2.45) is 0 Å². The normalized spacial score (nSPS) is 10.5. The number of nitrogens with one attached hydrogen (secondary N) is 1. The number of nitrogens with zero attached hydrogens (tertiary/aromatic N) is 5. The molecule has 3 heterocycles. The van der Waals surface area contributed by atoms with Gasteiger partial charge in [0.25, 0.3) is 10.7 Å². The van der Waals surface area contributed by atoms with Crippen molar-refractivity contribution in [3.05, 3.63) is 34.3 Å². The third kappa shape index (κ3) is 2.66. The van der Waals surface area contributed by atoms with Gasteiger partial charge in [-0.25, -0.2) is 14.6 Å². The molecule has 3 rings (SSSR count). The molecule has 0 aromatic carbocycles. The Morgan fingerprint density at radius 1 is 1.37 bits per heavy atom. The summed E-state index contributed by atoms with van der Waals surface area (Å²) in [6.45, 7) is 0.381. The first-order valence-corrected chi connectivity index (χ1v) is 6.64. The molecule has 0 aliphatic heterocycles. The highest BCUT2D eigenvalue weighted by atomic mass is 32.1. The lowest BCUT2D eigenvalue weighted by molar-refractivity contribution is 0.521. The van der Waals surface area contributed by atoms with E-state index >= 15 is 0 Å². The summed E-state index contributed by atoms with van der Waals surface area (Å²) >= 11 is 6.61. The van der Waals surface area contributed by atoms with Gasteiger partial charge in [-0.2, -0.15) is 0 Å². The fourth-order valence-corrected chi connectivity index (χ4v) is 2.07. The summed E-state index contributed by atoms with van der Waals surface area (Å²) in [5.74, 6) is 1.12. The third-order valence-corrected chi connectivity index (χ3v) is 3.11. The predicted octanol–water partition coefficient (Wildman–Crippen LogP) is 2.19. The van der Waals surface area contributed by atoms with E-state index in [4.69, 9.17) is 16.6 Å². The van der Waals surface area contributed by atoms with Crippen LogP contribution in [0.2, 0.25) is 0 Å². The van der Waals surface area contributed by atoms with Gasteiger partial charge in [0, 0.05) is 17.8 Å². The zero-order chi connectivity index (χ0) is 13.1. The molecule has 3 aromatic rings. The van der Waals surface area contributed by atoms with Crippen LogP contribution in [0.5, 0.6) is 0 Å². The Bertz CT molecular complexity index is 705. The standard InChI is InChI=1S/C10H8N6OS2/c18-10-16(5-13-8-4-19-6-14-8)15-9(17-10)7-3-11-1-2-12-7/h1-4,6,13H,5H2. The molecule has 0 saturated carbocycles. The molecule has 0 unspecified atom stereocenters. The van der Waals surface area contributed by atoms with Crippen molar-refractivity contribution in [2.45, 2.75) is 6.67 Å². The second-order valence-corrected chi connectivity index (χ2v) is 4.54. The molecule has 0 amide bonds. The average molecular weight is 292 g/mol. The summed E-state index contributed by atoms with van der Waals surface area (Å²) in [6, 6.07) is 0. The summed E-state index contributed by atoms with van der Waals surface area (Å²) < 4.78 is 6.90. The number of aromatic nitrogens is 5. The van der Waals surface area contributed by atoms with Crippen LogP contribution in [0, 0.1) is 4.84 Å². The minimum atomic E-state index is 0.267. The molecular weight excluding hydrogens is 284 g/mol. The Morgan fingerprint density at radius 2 is 2.32 bits per heavy atom. The van der Waals surface area contributed by atoms with E-state index in [0.29, 0.717) is 18.3 Å². The molecule has 0 atom stereocenters. The smallest absolute Gasteiger partial charge is 0.289 e. The zero-order valence-corrected chi connectivity index (χ0v) is 11.2. The lowest BCUT2D eigenvalue weighted by Crippen LogP contribution is -2.09. The SMILES string of the molecule is S=c1oc(-c2cnccn2)nn1CNc1cscn1. The van der Waals surface area contributed by atoms with Crippen LogP contribution >= 0.6 is 23.6 Å². The number of thiazole rings is 1. The van der Waals surface area contributed by atoms with Crippen LogP contribution in [0.25, 0.3) is 11.6 Å². The van der Waals surface area contributed by atoms with Gasteiger partial charge in [-0.1, -0.05) is 0 Å². The van der Waals surface area contributed by atoms with Crippen LogP contribution in [0.4, 0.5) is 5.82 Å². The van der Waals surface area contributed by atoms with Gasteiger partial charge >= 0.3 is 0 Å². The van der Waals surface area contributed by atoms with Gasteiger partial charge in [0.2, 0.25) is 0 Å². The van der Waals surface area contributed by atoms with Crippen molar-refractivity contribution in [1.29, 1.82) is 0 Å². The molecule has 0 bridgehead atoms. The number of anilines is 1. The maximum atomic E-state index is 5.38. The molecule has 0 saturated heterocycles. The van der Waals surface area contributed by atoms with E-state index in [2.05, 4.69) is 25.4 Å². The highest BCUT2D eigenvalue weighted by Gasteiger charge is 2.09. The van der Waals surface area contributed by atoms with Crippen LogP contribution in [-0.4, -0.2) is 24.7 Å². The topological polar surface area (TPSA) is 81.7 Å². The Labute approximate surface area is 117 Å². The maximum absolute atomic E-state index is 5.38. The van der Waals surface area contributed by atoms with E-state index in [1.807, 2.05) is 5.38 Å². The average Bonchev–Trinajstić information content (AvgIpc) is 3.07. The second kappa shape index (κ2) is 5.24. The van der Waals surface area contributed by atoms with E-state index in [-0.39, 0.29) is 4.84 Å². The molecule has 0 radical (unpaired) electrons. The van der Waals surface area contributed by atoms with Crippen molar-refractivity contribution in [3.63, 3.8) is 0 Å². The van der Waals surface area contributed by atoms with E-state index in [9.17, 15) is 0 Å². The predicted molar refractivity (Wildman–Crippen MR) is 72.1 cm³/mol. The van der Waals surface area contributed by atoms with Gasteiger partial charge in [0.15, 0.2) is 0 Å². The van der Waals surface area contributed by atoms with Crippen LogP contribution in [-0.2, 0) is 6.67 Å². The van der Waals surface area contributed by atoms with Crippen molar-refractivity contribution < 1.29 is 4.42 Å². The fourth-order valence-electron chi connectivity index (χ4n) is 1.37. The van der Waals surface area contributed by atoms with Gasteiger partial charge in [-0.15, -0.1) is 16.4 Å². The highest BCUT2D eigenvalue weighted by Crippen LogP contribution is 2.13. The minimum Gasteiger partial charge on any atom is -0.407 e. The molecule has 0 spiro atoms. The molecule has 9 heteroatoms. The lowest BCUT2D eigenvalue weighted by atomic mass is 10.4. The first-order chi connectivity index (χ1) is 9.33. The first kappa shape index (κ1) is 11.9. The summed E-state index contributed by atoms with van der Waals surface area (Å²) in [4.78, 5) is 12.4. The summed E-state index contributed by atoms with van der Waals surface area (Å²) in [6.07, 6.45) is 4.72. The van der Waals surface area contributed by atoms with Gasteiger partial charge in [0.1, 0.15) is 18.2 Å². The van der Waals surface area contributed by atoms with E-state index in [1.54, 1.807) is 24.1 Å². The summed E-state index contributed by atoms with van der Waals surface area (Å²) in [5.41, 5.74) is 2.29. The van der Waals surface area contributed by atoms with Gasteiger partial charge in [-0.3, -0.25) is 4.98 Å². The molecule has 1 N–H and O–H groups in total. The highest BCUT2D eigenvalue weighted by molar-refractivity contribution is 7.71. The molecule has 96 valence electrons. The maximum Gasteiger partial charge on any atom is 0.289 e. The second-order valence-electron chi connectivity index (χ2n) is 3.47. The van der Waals surface area contributed by atoms with Crippen molar-refractivity contribution in [2.75, 3.05) is 5.32 Å². The quantitative estimate of drug-likeness (QED) is 0.738. The lowest BCUT2D eigenvalue weighted by Gasteiger charge is -2.00. The first-order valence-electron chi connectivity index (χ1n) is 5.29. The van der Waals surface area contributed by atoms with Crippen LogP contribution in [0.1, 0.15) is 0 Å². The monoisotopic (exact) mass is 292 g/mol. The van der Waals surface area contributed by atoms with Crippen molar-refractivity contribution in [3.8, 4) is 11.6 Å². The fraction of sp³-hybridized carbons (Fsp3) is 0.100. The number of hydrogen-bond donors (Lipinski definition) is 1. The van der Waals surface area contributed by atoms with E-state index in [1.165, 1.54) is 16.0 Å². The van der Waals surface area contributed by atoms with Crippen LogP contribution in [0.3, 0.4) is 0 Å². The Hall–Kier alpha value is -2.13. The van der Waals surface area contributed by atoms with E-state index < -0.39 is 0 Å². The molecule has 19 heavy (non-hydrogen) atoms.